The lowest BCUT2D eigenvalue weighted by atomic mass is 10.1. The minimum absolute atomic E-state index is 0.0111. The van der Waals surface area contributed by atoms with Crippen LogP contribution < -0.4 is 16.1 Å². The summed E-state index contributed by atoms with van der Waals surface area (Å²) in [4.78, 5) is 10.9. The van der Waals surface area contributed by atoms with E-state index < -0.39 is 0 Å². The molecule has 1 aromatic rings. The highest BCUT2D eigenvalue weighted by atomic mass is 32.1. The lowest BCUT2D eigenvalue weighted by molar-refractivity contribution is 0.822. The molecule has 0 saturated carbocycles. The Balaban J connectivity index is 2.55. The van der Waals surface area contributed by atoms with Gasteiger partial charge in [0, 0.05) is 18.7 Å². The average Bonchev–Trinajstić information content (AvgIpc) is 2.11. The van der Waals surface area contributed by atoms with Gasteiger partial charge in [0.15, 0.2) is 0 Å². The Morgan fingerprint density at radius 2 is 2.08 bits per heavy atom. The molecular weight excluding hydrogens is 172 g/mol. The van der Waals surface area contributed by atoms with E-state index in [0.717, 1.165) is 24.3 Å². The van der Waals surface area contributed by atoms with E-state index in [-0.39, 0.29) is 5.43 Å². The average molecular weight is 184 g/mol. The molecule has 0 radical (unpaired) electrons. The molecule has 0 unspecified atom stereocenters. The van der Waals surface area contributed by atoms with Crippen molar-refractivity contribution in [2.75, 3.05) is 25.5 Å². The van der Waals surface area contributed by atoms with E-state index in [4.69, 9.17) is 12.2 Å². The summed E-state index contributed by atoms with van der Waals surface area (Å²) >= 11 is 4.86. The van der Waals surface area contributed by atoms with Crippen LogP contribution in [0.5, 0.6) is 0 Å². The Kier molecular flexibility index (Phi) is 2.94. The lowest BCUT2D eigenvalue weighted by Gasteiger charge is -2.10. The summed E-state index contributed by atoms with van der Waals surface area (Å²) in [5.74, 6) is 0. The van der Waals surface area contributed by atoms with Crippen LogP contribution in [0.4, 0.5) is 5.69 Å². The first kappa shape index (κ1) is 9.35. The molecule has 1 aromatic carbocycles. The summed E-state index contributed by atoms with van der Waals surface area (Å²) in [6, 6.07) is 0. The van der Waals surface area contributed by atoms with Crippen LogP contribution in [0.25, 0.3) is 0 Å². The van der Waals surface area contributed by atoms with Crippen molar-refractivity contribution in [2.45, 2.75) is 6.92 Å². The molecule has 0 aliphatic heterocycles. The van der Waals surface area contributed by atoms with Crippen LogP contribution >= 0.6 is 12.2 Å². The largest absolute Gasteiger partial charge is 0.382 e. The highest BCUT2D eigenvalue weighted by Crippen LogP contribution is 2.14. The van der Waals surface area contributed by atoms with Crippen LogP contribution in [0.15, 0.2) is 4.79 Å². The summed E-state index contributed by atoms with van der Waals surface area (Å²) in [7, 11) is 1.88. The fourth-order valence-electron chi connectivity index (χ4n) is 1.03. The third-order valence-electron chi connectivity index (χ3n) is 1.83. The van der Waals surface area contributed by atoms with Crippen molar-refractivity contribution in [1.29, 1.82) is 0 Å². The second-order valence-electron chi connectivity index (χ2n) is 2.69. The van der Waals surface area contributed by atoms with Crippen molar-refractivity contribution in [3.05, 3.63) is 20.3 Å². The van der Waals surface area contributed by atoms with Crippen molar-refractivity contribution in [3.63, 3.8) is 0 Å². The molecule has 2 N–H and O–H groups in total. The molecule has 0 amide bonds. The number of anilines is 1. The maximum absolute atomic E-state index is 10.9. The van der Waals surface area contributed by atoms with Crippen molar-refractivity contribution in [2.24, 2.45) is 0 Å². The standard InChI is InChI=1S/C8H12N2OS/c1-5-6(8(12)7(5)11)10-4-3-9-2/h9-10H,3-4H2,1-2H3. The third kappa shape index (κ3) is 1.54. The maximum atomic E-state index is 10.9. The zero-order chi connectivity index (χ0) is 9.14. The number of likely N-dealkylation sites (N-methyl/N-ethyl adjacent to an activating group) is 1. The van der Waals surface area contributed by atoms with Crippen LogP contribution in [0.1, 0.15) is 5.56 Å². The topological polar surface area (TPSA) is 41.1 Å². The van der Waals surface area contributed by atoms with Gasteiger partial charge in [-0.2, -0.15) is 0 Å². The first-order valence-electron chi connectivity index (χ1n) is 3.87. The van der Waals surface area contributed by atoms with E-state index in [1.807, 2.05) is 7.05 Å². The van der Waals surface area contributed by atoms with E-state index in [9.17, 15) is 4.79 Å². The molecule has 4 heteroatoms. The van der Waals surface area contributed by atoms with Gasteiger partial charge in [-0.25, -0.2) is 0 Å². The molecule has 1 rings (SSSR count). The highest BCUT2D eigenvalue weighted by Gasteiger charge is 2.11. The fourth-order valence-corrected chi connectivity index (χ4v) is 1.41. The summed E-state index contributed by atoms with van der Waals surface area (Å²) in [5.41, 5.74) is 1.62. The summed E-state index contributed by atoms with van der Waals surface area (Å²) in [6.07, 6.45) is 0. The van der Waals surface area contributed by atoms with Crippen LogP contribution in [-0.2, 0) is 0 Å². The Morgan fingerprint density at radius 1 is 1.42 bits per heavy atom. The molecule has 66 valence electrons. The van der Waals surface area contributed by atoms with Gasteiger partial charge in [-0.1, -0.05) is 12.2 Å². The Labute approximate surface area is 76.5 Å². The normalized spacial score (nSPS) is 10.5. The zero-order valence-electron chi connectivity index (χ0n) is 7.23. The molecule has 0 aromatic heterocycles. The second-order valence-corrected chi connectivity index (χ2v) is 3.10. The molecule has 0 aliphatic rings. The monoisotopic (exact) mass is 184 g/mol. The van der Waals surface area contributed by atoms with Crippen molar-refractivity contribution in [1.82, 2.24) is 5.32 Å². The Bertz CT molecular complexity index is 339. The molecule has 12 heavy (non-hydrogen) atoms. The number of hydrogen-bond donors (Lipinski definition) is 2. The van der Waals surface area contributed by atoms with Crippen LogP contribution in [0, 0.1) is 11.4 Å². The SMILES string of the molecule is CNCCNc1c(C)c(=O)c1=S. The van der Waals surface area contributed by atoms with E-state index in [1.54, 1.807) is 6.92 Å². The van der Waals surface area contributed by atoms with E-state index in [1.165, 1.54) is 0 Å². The van der Waals surface area contributed by atoms with Gasteiger partial charge in [0.05, 0.1) is 5.69 Å². The van der Waals surface area contributed by atoms with Gasteiger partial charge in [-0.05, 0) is 14.0 Å². The number of hydrogen-bond acceptors (Lipinski definition) is 4. The second kappa shape index (κ2) is 3.78. The maximum Gasteiger partial charge on any atom is 0.203 e. The van der Waals surface area contributed by atoms with Gasteiger partial charge in [-0.15, -0.1) is 0 Å². The minimum atomic E-state index is 0.0111. The molecule has 0 atom stereocenters. The van der Waals surface area contributed by atoms with Gasteiger partial charge in [0.1, 0.15) is 4.51 Å². The Morgan fingerprint density at radius 3 is 2.58 bits per heavy atom. The van der Waals surface area contributed by atoms with Crippen LogP contribution in [0.3, 0.4) is 0 Å². The van der Waals surface area contributed by atoms with Crippen molar-refractivity contribution < 1.29 is 0 Å². The highest BCUT2D eigenvalue weighted by molar-refractivity contribution is 7.71. The van der Waals surface area contributed by atoms with Crippen molar-refractivity contribution in [3.8, 4) is 0 Å². The molecule has 0 fully saturated rings. The van der Waals surface area contributed by atoms with Gasteiger partial charge in [0.25, 0.3) is 0 Å². The molecule has 0 bridgehead atoms. The van der Waals surface area contributed by atoms with E-state index in [2.05, 4.69) is 10.6 Å². The van der Waals surface area contributed by atoms with Gasteiger partial charge < -0.3 is 10.6 Å². The predicted molar refractivity (Wildman–Crippen MR) is 53.1 cm³/mol. The first-order valence-corrected chi connectivity index (χ1v) is 4.27. The van der Waals surface area contributed by atoms with Gasteiger partial charge >= 0.3 is 0 Å². The quantitative estimate of drug-likeness (QED) is 0.531. The van der Waals surface area contributed by atoms with Gasteiger partial charge in [-0.3, -0.25) is 4.79 Å². The molecule has 3 nitrogen and oxygen atoms in total. The summed E-state index contributed by atoms with van der Waals surface area (Å²) in [5, 5.41) is 6.10. The zero-order valence-corrected chi connectivity index (χ0v) is 8.05. The predicted octanol–water partition coefficient (Wildman–Crippen LogP) is 0.592. The molecule has 0 spiro atoms. The third-order valence-corrected chi connectivity index (χ3v) is 2.22. The molecule has 0 saturated heterocycles. The Hall–Kier alpha value is -0.740. The van der Waals surface area contributed by atoms with E-state index >= 15 is 0 Å². The van der Waals surface area contributed by atoms with Gasteiger partial charge in [0.2, 0.25) is 5.43 Å². The number of nitrogens with one attached hydrogen (secondary N) is 2. The minimum Gasteiger partial charge on any atom is -0.382 e. The lowest BCUT2D eigenvalue weighted by Crippen LogP contribution is -2.23. The van der Waals surface area contributed by atoms with E-state index in [0.29, 0.717) is 4.51 Å². The molecule has 0 aliphatic carbocycles. The molecular formula is C8H12N2OS. The summed E-state index contributed by atoms with van der Waals surface area (Å²) in [6.45, 7) is 3.46. The number of rotatable bonds is 4. The van der Waals surface area contributed by atoms with Crippen LogP contribution in [-0.4, -0.2) is 20.1 Å². The van der Waals surface area contributed by atoms with Crippen molar-refractivity contribution >= 4 is 17.9 Å². The fraction of sp³-hybridized carbons (Fsp3) is 0.500. The smallest absolute Gasteiger partial charge is 0.203 e. The first-order chi connectivity index (χ1) is 5.68. The van der Waals surface area contributed by atoms with Crippen LogP contribution in [0.2, 0.25) is 0 Å². The molecule has 0 heterocycles. The summed E-state index contributed by atoms with van der Waals surface area (Å²) < 4.78 is 0.448.